The molecule has 1 N–H and O–H groups in total. The molecular formula is C17H24ClFN2O. The van der Waals surface area contributed by atoms with Gasteiger partial charge in [-0.25, -0.2) is 4.39 Å². The minimum absolute atomic E-state index is 0.196. The van der Waals surface area contributed by atoms with Crippen LogP contribution in [0.25, 0.3) is 0 Å². The van der Waals surface area contributed by atoms with E-state index in [-0.39, 0.29) is 16.9 Å². The zero-order valence-electron chi connectivity index (χ0n) is 13.0. The molecule has 0 spiro atoms. The van der Waals surface area contributed by atoms with Crippen molar-refractivity contribution in [3.05, 3.63) is 34.6 Å². The van der Waals surface area contributed by atoms with Crippen LogP contribution in [0.4, 0.5) is 4.39 Å². The van der Waals surface area contributed by atoms with Crippen molar-refractivity contribution in [3.8, 4) is 0 Å². The Morgan fingerprint density at radius 3 is 2.82 bits per heavy atom. The summed E-state index contributed by atoms with van der Waals surface area (Å²) in [5, 5.41) is 3.88. The van der Waals surface area contributed by atoms with Crippen molar-refractivity contribution in [2.45, 2.75) is 31.3 Å². The molecule has 2 saturated heterocycles. The molecule has 0 radical (unpaired) electrons. The van der Waals surface area contributed by atoms with E-state index in [1.54, 1.807) is 12.1 Å². The van der Waals surface area contributed by atoms with Crippen LogP contribution in [0.15, 0.2) is 18.2 Å². The maximum Gasteiger partial charge on any atom is 0.142 e. The minimum Gasteiger partial charge on any atom is -0.381 e. The van der Waals surface area contributed by atoms with E-state index in [0.29, 0.717) is 12.0 Å². The molecule has 2 unspecified atom stereocenters. The van der Waals surface area contributed by atoms with E-state index in [9.17, 15) is 4.39 Å². The van der Waals surface area contributed by atoms with E-state index < -0.39 is 0 Å². The lowest BCUT2D eigenvalue weighted by atomic mass is 9.93. The molecule has 0 aliphatic carbocycles. The number of benzene rings is 1. The Hall–Kier alpha value is -0.680. The predicted molar refractivity (Wildman–Crippen MR) is 86.7 cm³/mol. The lowest BCUT2D eigenvalue weighted by molar-refractivity contribution is 0.0763. The normalized spacial score (nSPS) is 27.4. The van der Waals surface area contributed by atoms with Gasteiger partial charge in [-0.1, -0.05) is 17.7 Å². The van der Waals surface area contributed by atoms with Crippen LogP contribution in [0.2, 0.25) is 5.02 Å². The monoisotopic (exact) mass is 326 g/mol. The van der Waals surface area contributed by atoms with E-state index in [1.807, 2.05) is 6.07 Å². The lowest BCUT2D eigenvalue weighted by Gasteiger charge is -2.29. The molecule has 22 heavy (non-hydrogen) atoms. The molecule has 0 saturated carbocycles. The summed E-state index contributed by atoms with van der Waals surface area (Å²) in [5.74, 6) is 0.184. The Morgan fingerprint density at radius 2 is 2.09 bits per heavy atom. The third-order valence-electron chi connectivity index (χ3n) is 4.95. The molecule has 2 atom stereocenters. The van der Waals surface area contributed by atoms with Gasteiger partial charge in [0.05, 0.1) is 5.02 Å². The second-order valence-electron chi connectivity index (χ2n) is 6.44. The average molecular weight is 327 g/mol. The summed E-state index contributed by atoms with van der Waals surface area (Å²) in [7, 11) is 2.12. The molecule has 0 amide bonds. The van der Waals surface area contributed by atoms with Crippen molar-refractivity contribution in [1.82, 2.24) is 10.2 Å². The Labute approximate surface area is 136 Å². The largest absolute Gasteiger partial charge is 0.381 e. The molecule has 5 heteroatoms. The molecule has 2 aliphatic heterocycles. The highest BCUT2D eigenvalue weighted by Gasteiger charge is 2.33. The van der Waals surface area contributed by atoms with Crippen molar-refractivity contribution in [2.75, 3.05) is 33.4 Å². The van der Waals surface area contributed by atoms with E-state index in [2.05, 4.69) is 17.3 Å². The number of likely N-dealkylation sites (tertiary alicyclic amines) is 1. The molecule has 1 aromatic carbocycles. The predicted octanol–water partition coefficient (Wildman–Crippen LogP) is 3.24. The summed E-state index contributed by atoms with van der Waals surface area (Å²) >= 11 is 5.81. The summed E-state index contributed by atoms with van der Waals surface area (Å²) in [6, 6.07) is 6.04. The molecule has 0 aromatic heterocycles. The number of hydrogen-bond donors (Lipinski definition) is 1. The summed E-state index contributed by atoms with van der Waals surface area (Å²) in [5.41, 5.74) is 1.03. The molecule has 122 valence electrons. The summed E-state index contributed by atoms with van der Waals surface area (Å²) in [6.45, 7) is 3.74. The molecule has 3 rings (SSSR count). The number of nitrogens with one attached hydrogen (secondary N) is 1. The van der Waals surface area contributed by atoms with Crippen LogP contribution < -0.4 is 5.32 Å². The van der Waals surface area contributed by atoms with Gasteiger partial charge in [-0.05, 0) is 56.5 Å². The fraction of sp³-hybridized carbons (Fsp3) is 0.647. The van der Waals surface area contributed by atoms with E-state index in [4.69, 9.17) is 16.3 Å². The molecule has 2 fully saturated rings. The third kappa shape index (κ3) is 3.62. The van der Waals surface area contributed by atoms with Gasteiger partial charge in [0, 0.05) is 31.8 Å². The highest BCUT2D eigenvalue weighted by molar-refractivity contribution is 6.30. The standard InChI is InChI=1S/C17H24ClFN2O/c1-21-7-4-13(11-20-14-5-8-22-9-6-14)17(21)12-2-3-15(18)16(19)10-12/h2-3,10,13-14,17,20H,4-9,11H2,1H3. The van der Waals surface area contributed by atoms with Crippen molar-refractivity contribution in [2.24, 2.45) is 5.92 Å². The number of nitrogens with zero attached hydrogens (tertiary/aromatic N) is 1. The first-order chi connectivity index (χ1) is 10.6. The zero-order chi connectivity index (χ0) is 15.5. The van der Waals surface area contributed by atoms with Crippen LogP contribution in [-0.2, 0) is 4.74 Å². The van der Waals surface area contributed by atoms with Crippen molar-refractivity contribution < 1.29 is 9.13 Å². The maximum absolute atomic E-state index is 13.8. The van der Waals surface area contributed by atoms with Gasteiger partial charge in [-0.2, -0.15) is 0 Å². The van der Waals surface area contributed by atoms with E-state index in [0.717, 1.165) is 51.1 Å². The van der Waals surface area contributed by atoms with Crippen LogP contribution in [0.5, 0.6) is 0 Å². The topological polar surface area (TPSA) is 24.5 Å². The summed E-state index contributed by atoms with van der Waals surface area (Å²) in [4.78, 5) is 2.32. The van der Waals surface area contributed by atoms with Crippen LogP contribution in [0.1, 0.15) is 30.9 Å². The van der Waals surface area contributed by atoms with Gasteiger partial charge in [0.2, 0.25) is 0 Å². The highest BCUT2D eigenvalue weighted by atomic mass is 35.5. The Morgan fingerprint density at radius 1 is 1.32 bits per heavy atom. The quantitative estimate of drug-likeness (QED) is 0.919. The van der Waals surface area contributed by atoms with Gasteiger partial charge < -0.3 is 10.1 Å². The van der Waals surface area contributed by atoms with Crippen LogP contribution >= 0.6 is 11.6 Å². The third-order valence-corrected chi connectivity index (χ3v) is 5.26. The first kappa shape index (κ1) is 16.2. The minimum atomic E-state index is -0.324. The van der Waals surface area contributed by atoms with Gasteiger partial charge in [-0.15, -0.1) is 0 Å². The maximum atomic E-state index is 13.8. The second kappa shape index (κ2) is 7.26. The Balaban J connectivity index is 1.66. The Bertz CT molecular complexity index is 507. The van der Waals surface area contributed by atoms with Crippen LogP contribution in [0.3, 0.4) is 0 Å². The first-order valence-corrected chi connectivity index (χ1v) is 8.49. The highest BCUT2D eigenvalue weighted by Crippen LogP contribution is 2.36. The average Bonchev–Trinajstić information content (AvgIpc) is 2.90. The molecule has 1 aromatic rings. The fourth-order valence-corrected chi connectivity index (χ4v) is 3.80. The molecule has 3 nitrogen and oxygen atoms in total. The van der Waals surface area contributed by atoms with Gasteiger partial charge in [0.15, 0.2) is 0 Å². The SMILES string of the molecule is CN1CCC(CNC2CCOCC2)C1c1ccc(Cl)c(F)c1. The van der Waals surface area contributed by atoms with Crippen LogP contribution in [-0.4, -0.2) is 44.3 Å². The lowest BCUT2D eigenvalue weighted by Crippen LogP contribution is -2.38. The Kier molecular flexibility index (Phi) is 5.34. The number of halogens is 2. The smallest absolute Gasteiger partial charge is 0.142 e. The second-order valence-corrected chi connectivity index (χ2v) is 6.85. The molecule has 2 aliphatic rings. The zero-order valence-corrected chi connectivity index (χ0v) is 13.8. The molecule has 0 bridgehead atoms. The van der Waals surface area contributed by atoms with Gasteiger partial charge in [0.25, 0.3) is 0 Å². The fourth-order valence-electron chi connectivity index (χ4n) is 3.68. The van der Waals surface area contributed by atoms with Gasteiger partial charge in [-0.3, -0.25) is 4.90 Å². The van der Waals surface area contributed by atoms with E-state index in [1.165, 1.54) is 0 Å². The van der Waals surface area contributed by atoms with Gasteiger partial charge in [0.1, 0.15) is 5.82 Å². The number of ether oxygens (including phenoxy) is 1. The van der Waals surface area contributed by atoms with E-state index >= 15 is 0 Å². The van der Waals surface area contributed by atoms with Gasteiger partial charge >= 0.3 is 0 Å². The van der Waals surface area contributed by atoms with Crippen molar-refractivity contribution in [1.29, 1.82) is 0 Å². The number of hydrogen-bond acceptors (Lipinski definition) is 3. The number of rotatable bonds is 4. The first-order valence-electron chi connectivity index (χ1n) is 8.11. The summed E-state index contributed by atoms with van der Waals surface area (Å²) in [6.07, 6.45) is 3.31. The van der Waals surface area contributed by atoms with Crippen LogP contribution in [0, 0.1) is 11.7 Å². The summed E-state index contributed by atoms with van der Waals surface area (Å²) < 4.78 is 19.2. The molecule has 2 heterocycles. The van der Waals surface area contributed by atoms with Crippen molar-refractivity contribution >= 4 is 11.6 Å². The molecular weight excluding hydrogens is 303 g/mol. The van der Waals surface area contributed by atoms with Crippen molar-refractivity contribution in [3.63, 3.8) is 0 Å².